The Hall–Kier alpha value is -1.63. The van der Waals surface area contributed by atoms with Crippen LogP contribution in [0.25, 0.3) is 0 Å². The Morgan fingerprint density at radius 2 is 2.19 bits per heavy atom. The van der Waals surface area contributed by atoms with Crippen molar-refractivity contribution in [2.45, 2.75) is 25.5 Å². The van der Waals surface area contributed by atoms with Crippen LogP contribution in [0.15, 0.2) is 12.1 Å². The number of alkyl halides is 2. The van der Waals surface area contributed by atoms with Crippen LogP contribution in [0.2, 0.25) is 0 Å². The van der Waals surface area contributed by atoms with Crippen LogP contribution in [0.3, 0.4) is 0 Å². The zero-order valence-corrected chi connectivity index (χ0v) is 12.2. The number of halogens is 3. The second-order valence-corrected chi connectivity index (χ2v) is 5.38. The number of likely N-dealkylation sites (tertiary alicyclic amines) is 1. The quantitative estimate of drug-likeness (QED) is 0.849. The van der Waals surface area contributed by atoms with Gasteiger partial charge in [0.25, 0.3) is 0 Å². The van der Waals surface area contributed by atoms with E-state index in [0.29, 0.717) is 18.3 Å². The Balaban J connectivity index is 2.17. The minimum Gasteiger partial charge on any atom is -0.432 e. The monoisotopic (exact) mass is 303 g/mol. The van der Waals surface area contributed by atoms with Gasteiger partial charge in [-0.3, -0.25) is 0 Å². The molecule has 0 aliphatic carbocycles. The predicted octanol–water partition coefficient (Wildman–Crippen LogP) is 2.54. The molecule has 1 heterocycles. The lowest BCUT2D eigenvalue weighted by Gasteiger charge is -2.28. The first-order chi connectivity index (χ1) is 9.88. The van der Waals surface area contributed by atoms with Gasteiger partial charge in [0.1, 0.15) is 0 Å². The number of hydrogen-bond acceptors (Lipinski definition) is 4. The molecule has 21 heavy (non-hydrogen) atoms. The van der Waals surface area contributed by atoms with Crippen molar-refractivity contribution in [2.75, 3.05) is 37.8 Å². The van der Waals surface area contributed by atoms with Gasteiger partial charge >= 0.3 is 6.61 Å². The molecule has 2 rings (SSSR count). The van der Waals surface area contributed by atoms with E-state index in [-0.39, 0.29) is 5.69 Å². The number of nitrogen functional groups attached to an aromatic ring is 1. The van der Waals surface area contributed by atoms with E-state index in [0.717, 1.165) is 25.5 Å². The molecule has 2 N–H and O–H groups in total. The van der Waals surface area contributed by atoms with Gasteiger partial charge in [-0.2, -0.15) is 8.78 Å². The van der Waals surface area contributed by atoms with E-state index in [4.69, 9.17) is 5.73 Å². The van der Waals surface area contributed by atoms with Gasteiger partial charge in [0.2, 0.25) is 0 Å². The predicted molar refractivity (Wildman–Crippen MR) is 76.4 cm³/mol. The number of anilines is 2. The molecule has 0 radical (unpaired) electrons. The van der Waals surface area contributed by atoms with E-state index in [2.05, 4.69) is 9.64 Å². The van der Waals surface area contributed by atoms with Gasteiger partial charge in [-0.15, -0.1) is 0 Å². The third-order valence-electron chi connectivity index (χ3n) is 3.86. The zero-order valence-electron chi connectivity index (χ0n) is 12.2. The molecule has 118 valence electrons. The molecule has 0 spiro atoms. The van der Waals surface area contributed by atoms with Gasteiger partial charge in [0.05, 0.1) is 11.4 Å². The second-order valence-electron chi connectivity index (χ2n) is 5.38. The molecule has 1 aromatic rings. The zero-order chi connectivity index (χ0) is 15.6. The second kappa shape index (κ2) is 6.43. The summed E-state index contributed by atoms with van der Waals surface area (Å²) in [5.41, 5.74) is 6.49. The summed E-state index contributed by atoms with van der Waals surface area (Å²) in [6.45, 7) is -1.33. The summed E-state index contributed by atoms with van der Waals surface area (Å²) >= 11 is 0. The maximum atomic E-state index is 13.6. The first-order valence-corrected chi connectivity index (χ1v) is 6.83. The van der Waals surface area contributed by atoms with Crippen molar-refractivity contribution in [3.8, 4) is 5.75 Å². The molecule has 0 amide bonds. The number of ether oxygens (including phenoxy) is 1. The van der Waals surface area contributed by atoms with Crippen molar-refractivity contribution < 1.29 is 17.9 Å². The molecule has 0 bridgehead atoms. The molecule has 1 atom stereocenters. The molecule has 1 aliphatic heterocycles. The molecule has 1 aromatic carbocycles. The molecule has 1 saturated heterocycles. The molecule has 4 nitrogen and oxygen atoms in total. The lowest BCUT2D eigenvalue weighted by atomic mass is 10.1. The van der Waals surface area contributed by atoms with Crippen molar-refractivity contribution >= 4 is 11.4 Å². The van der Waals surface area contributed by atoms with Crippen LogP contribution < -0.4 is 15.4 Å². The standard InChI is InChI=1S/C14H20F3N3O/c1-19-5-3-4-9(19)8-20(2)12-7-13(21-14(16)17)10(15)6-11(12)18/h6-7,9,14H,3-5,8,18H2,1-2H3. The third kappa shape index (κ3) is 3.72. The van der Waals surface area contributed by atoms with Gasteiger partial charge in [-0.25, -0.2) is 4.39 Å². The number of nitrogens with zero attached hydrogens (tertiary/aromatic N) is 2. The van der Waals surface area contributed by atoms with Crippen molar-refractivity contribution in [1.29, 1.82) is 0 Å². The van der Waals surface area contributed by atoms with Crippen LogP contribution in [0.4, 0.5) is 24.5 Å². The maximum Gasteiger partial charge on any atom is 0.387 e. The van der Waals surface area contributed by atoms with Crippen molar-refractivity contribution in [2.24, 2.45) is 0 Å². The average molecular weight is 303 g/mol. The lowest BCUT2D eigenvalue weighted by molar-refractivity contribution is -0.0521. The SMILES string of the molecule is CN(CC1CCCN1C)c1cc(OC(F)F)c(F)cc1N. The topological polar surface area (TPSA) is 41.7 Å². The van der Waals surface area contributed by atoms with E-state index in [1.54, 1.807) is 0 Å². The van der Waals surface area contributed by atoms with Crippen molar-refractivity contribution in [3.63, 3.8) is 0 Å². The molecule has 0 aromatic heterocycles. The molecule has 0 saturated carbocycles. The van der Waals surface area contributed by atoms with E-state index in [9.17, 15) is 13.2 Å². The minimum atomic E-state index is -3.07. The van der Waals surface area contributed by atoms with E-state index >= 15 is 0 Å². The Kier molecular flexibility index (Phi) is 4.82. The van der Waals surface area contributed by atoms with Crippen LogP contribution in [0.1, 0.15) is 12.8 Å². The first-order valence-electron chi connectivity index (χ1n) is 6.83. The largest absolute Gasteiger partial charge is 0.432 e. The highest BCUT2D eigenvalue weighted by Crippen LogP contribution is 2.32. The summed E-state index contributed by atoms with van der Waals surface area (Å²) in [6, 6.07) is 2.62. The Morgan fingerprint density at radius 1 is 1.48 bits per heavy atom. The minimum absolute atomic E-state index is 0.206. The van der Waals surface area contributed by atoms with Gasteiger partial charge in [-0.05, 0) is 26.4 Å². The fourth-order valence-electron chi connectivity index (χ4n) is 2.70. The van der Waals surface area contributed by atoms with Crippen LogP contribution in [-0.4, -0.2) is 44.7 Å². The summed E-state index contributed by atoms with van der Waals surface area (Å²) in [7, 11) is 3.85. The summed E-state index contributed by atoms with van der Waals surface area (Å²) < 4.78 is 42.3. The number of likely N-dealkylation sites (N-methyl/N-ethyl adjacent to an activating group) is 2. The van der Waals surface area contributed by atoms with Crippen LogP contribution in [0.5, 0.6) is 5.75 Å². The van der Waals surface area contributed by atoms with Crippen LogP contribution in [-0.2, 0) is 0 Å². The highest BCUT2D eigenvalue weighted by Gasteiger charge is 2.23. The summed E-state index contributed by atoms with van der Waals surface area (Å²) in [5, 5.41) is 0. The van der Waals surface area contributed by atoms with E-state index in [1.165, 1.54) is 6.07 Å². The van der Waals surface area contributed by atoms with E-state index < -0.39 is 18.2 Å². The number of benzene rings is 1. The molecule has 1 aliphatic rings. The van der Waals surface area contributed by atoms with Gasteiger partial charge in [0, 0.05) is 31.8 Å². The smallest absolute Gasteiger partial charge is 0.387 e. The fraction of sp³-hybridized carbons (Fsp3) is 0.571. The molecule has 1 fully saturated rings. The van der Waals surface area contributed by atoms with Crippen molar-refractivity contribution in [1.82, 2.24) is 4.90 Å². The molecule has 7 heteroatoms. The highest BCUT2D eigenvalue weighted by molar-refractivity contribution is 5.69. The van der Waals surface area contributed by atoms with Gasteiger partial charge in [-0.1, -0.05) is 0 Å². The Morgan fingerprint density at radius 3 is 2.76 bits per heavy atom. The Labute approximate surface area is 122 Å². The van der Waals surface area contributed by atoms with Gasteiger partial charge in [0.15, 0.2) is 11.6 Å². The fourth-order valence-corrected chi connectivity index (χ4v) is 2.70. The van der Waals surface area contributed by atoms with Crippen molar-refractivity contribution in [3.05, 3.63) is 17.9 Å². The van der Waals surface area contributed by atoms with Crippen LogP contribution in [0, 0.1) is 5.82 Å². The number of rotatable bonds is 5. The summed E-state index contributed by atoms with van der Waals surface area (Å²) in [4.78, 5) is 4.09. The molecule has 1 unspecified atom stereocenters. The third-order valence-corrected chi connectivity index (χ3v) is 3.86. The first kappa shape index (κ1) is 15.8. The van der Waals surface area contributed by atoms with E-state index in [1.807, 2.05) is 19.0 Å². The maximum absolute atomic E-state index is 13.6. The van der Waals surface area contributed by atoms with Crippen LogP contribution >= 0.6 is 0 Å². The molecular weight excluding hydrogens is 283 g/mol. The average Bonchev–Trinajstić information content (AvgIpc) is 2.78. The number of nitrogens with two attached hydrogens (primary N) is 1. The number of hydrogen-bond donors (Lipinski definition) is 1. The highest BCUT2D eigenvalue weighted by atomic mass is 19.3. The summed E-state index contributed by atoms with van der Waals surface area (Å²) in [6.07, 6.45) is 2.20. The lowest BCUT2D eigenvalue weighted by Crippen LogP contribution is -2.36. The molecular formula is C14H20F3N3O. The normalized spacial score (nSPS) is 19.2. The Bertz CT molecular complexity index is 499. The summed E-state index contributed by atoms with van der Waals surface area (Å²) in [5.74, 6) is -1.37. The van der Waals surface area contributed by atoms with Gasteiger partial charge < -0.3 is 20.3 Å².